The van der Waals surface area contributed by atoms with Crippen molar-refractivity contribution in [2.45, 2.75) is 6.92 Å². The maximum absolute atomic E-state index is 5.46. The minimum atomic E-state index is 0.0519. The van der Waals surface area contributed by atoms with Crippen LogP contribution in [0.1, 0.15) is 5.01 Å². The summed E-state index contributed by atoms with van der Waals surface area (Å²) in [6.45, 7) is 1.91. The summed E-state index contributed by atoms with van der Waals surface area (Å²) in [5.74, 6) is 0.422. The predicted molar refractivity (Wildman–Crippen MR) is 45.2 cm³/mol. The summed E-state index contributed by atoms with van der Waals surface area (Å²) in [6.07, 6.45) is 1.68. The topological polar surface area (TPSA) is 51.8 Å². The third-order valence-corrected chi connectivity index (χ3v) is 2.29. The Bertz CT molecular complexity index is 359. The molecule has 2 aromatic heterocycles. The van der Waals surface area contributed by atoms with Gasteiger partial charge in [0.25, 0.3) is 5.89 Å². The predicted octanol–water partition coefficient (Wildman–Crippen LogP) is 2.15. The molecule has 12 heavy (non-hydrogen) atoms. The van der Waals surface area contributed by atoms with Crippen LogP contribution in [0.4, 0.5) is 0 Å². The number of aryl methyl sites for hydroxylation is 1. The first-order chi connectivity index (χ1) is 5.75. The molecule has 0 saturated heterocycles. The zero-order valence-electron chi connectivity index (χ0n) is 6.11. The number of nitrogens with zero attached hydrogens (tertiary/aromatic N) is 3. The highest BCUT2D eigenvalue weighted by molar-refractivity contribution is 7.14. The summed E-state index contributed by atoms with van der Waals surface area (Å²) in [5, 5.41) is 8.26. The van der Waals surface area contributed by atoms with E-state index in [9.17, 15) is 0 Å². The second-order valence-corrected chi connectivity index (χ2v) is 3.66. The third-order valence-electron chi connectivity index (χ3n) is 1.23. The first-order valence-corrected chi connectivity index (χ1v) is 4.37. The van der Waals surface area contributed by atoms with Crippen molar-refractivity contribution in [3.8, 4) is 10.8 Å². The minimum absolute atomic E-state index is 0.0519. The van der Waals surface area contributed by atoms with E-state index in [0.29, 0.717) is 5.89 Å². The Balaban J connectivity index is 2.43. The SMILES string of the molecule is Cc1ncc(-c2nnc(Cl)o2)s1. The molecule has 0 aromatic carbocycles. The Labute approximate surface area is 77.2 Å². The third kappa shape index (κ3) is 1.33. The number of halogens is 1. The first-order valence-electron chi connectivity index (χ1n) is 3.17. The van der Waals surface area contributed by atoms with Crippen molar-refractivity contribution in [1.82, 2.24) is 15.2 Å². The molecule has 62 valence electrons. The van der Waals surface area contributed by atoms with Gasteiger partial charge < -0.3 is 4.42 Å². The largest absolute Gasteiger partial charge is 0.406 e. The highest BCUT2D eigenvalue weighted by Gasteiger charge is 2.08. The fourth-order valence-electron chi connectivity index (χ4n) is 0.765. The highest BCUT2D eigenvalue weighted by Crippen LogP contribution is 2.25. The van der Waals surface area contributed by atoms with Crippen molar-refractivity contribution in [2.75, 3.05) is 0 Å². The average Bonchev–Trinajstić information content (AvgIpc) is 2.58. The molecule has 0 aliphatic carbocycles. The van der Waals surface area contributed by atoms with Crippen molar-refractivity contribution in [2.24, 2.45) is 0 Å². The van der Waals surface area contributed by atoms with E-state index in [0.717, 1.165) is 9.88 Å². The number of thiazole rings is 1. The molecule has 4 nitrogen and oxygen atoms in total. The van der Waals surface area contributed by atoms with Crippen LogP contribution in [-0.2, 0) is 0 Å². The monoisotopic (exact) mass is 201 g/mol. The molecule has 0 unspecified atom stereocenters. The van der Waals surface area contributed by atoms with Crippen molar-refractivity contribution in [1.29, 1.82) is 0 Å². The summed E-state index contributed by atoms with van der Waals surface area (Å²) >= 11 is 6.95. The zero-order chi connectivity index (χ0) is 8.55. The zero-order valence-corrected chi connectivity index (χ0v) is 7.69. The molecule has 0 radical (unpaired) electrons. The highest BCUT2D eigenvalue weighted by atomic mass is 35.5. The molecule has 0 aliphatic heterocycles. The lowest BCUT2D eigenvalue weighted by atomic mass is 10.6. The molecule has 2 rings (SSSR count). The van der Waals surface area contributed by atoms with Crippen LogP contribution in [0.5, 0.6) is 0 Å². The molecule has 0 bridgehead atoms. The van der Waals surface area contributed by atoms with E-state index in [4.69, 9.17) is 16.0 Å². The smallest absolute Gasteiger partial charge is 0.313 e. The van der Waals surface area contributed by atoms with Gasteiger partial charge >= 0.3 is 5.35 Å². The van der Waals surface area contributed by atoms with Crippen molar-refractivity contribution in [3.05, 3.63) is 16.6 Å². The van der Waals surface area contributed by atoms with E-state index in [2.05, 4.69) is 15.2 Å². The molecule has 2 heterocycles. The van der Waals surface area contributed by atoms with Crippen LogP contribution in [0.2, 0.25) is 5.35 Å². The normalized spacial score (nSPS) is 10.5. The van der Waals surface area contributed by atoms with E-state index in [1.165, 1.54) is 11.3 Å². The van der Waals surface area contributed by atoms with Gasteiger partial charge in [-0.2, -0.15) is 0 Å². The lowest BCUT2D eigenvalue weighted by Crippen LogP contribution is -1.70. The van der Waals surface area contributed by atoms with Crippen LogP contribution in [0.15, 0.2) is 10.6 Å². The van der Waals surface area contributed by atoms with Crippen LogP contribution >= 0.6 is 22.9 Å². The van der Waals surface area contributed by atoms with Crippen LogP contribution < -0.4 is 0 Å². The number of hydrogen-bond acceptors (Lipinski definition) is 5. The standard InChI is InChI=1S/C6H4ClN3OS/c1-3-8-2-4(12-3)5-9-10-6(7)11-5/h2H,1H3. The Morgan fingerprint density at radius 3 is 2.83 bits per heavy atom. The molecule has 0 saturated carbocycles. The van der Waals surface area contributed by atoms with Gasteiger partial charge in [-0.05, 0) is 18.5 Å². The first kappa shape index (κ1) is 7.70. The molecule has 2 aromatic rings. The Hall–Kier alpha value is -0.940. The van der Waals surface area contributed by atoms with Gasteiger partial charge in [0.15, 0.2) is 0 Å². The van der Waals surface area contributed by atoms with Crippen LogP contribution in [-0.4, -0.2) is 15.2 Å². The van der Waals surface area contributed by atoms with Crippen molar-refractivity contribution >= 4 is 22.9 Å². The molecule has 0 N–H and O–H groups in total. The Morgan fingerprint density at radius 1 is 1.50 bits per heavy atom. The number of aromatic nitrogens is 3. The van der Waals surface area contributed by atoms with E-state index in [1.807, 2.05) is 6.92 Å². The van der Waals surface area contributed by atoms with E-state index < -0.39 is 0 Å². The van der Waals surface area contributed by atoms with E-state index in [-0.39, 0.29) is 5.35 Å². The lowest BCUT2D eigenvalue weighted by molar-refractivity contribution is 0.572. The van der Waals surface area contributed by atoms with Crippen molar-refractivity contribution < 1.29 is 4.42 Å². The summed E-state index contributed by atoms with van der Waals surface area (Å²) in [6, 6.07) is 0. The van der Waals surface area contributed by atoms with Gasteiger partial charge in [-0.15, -0.1) is 16.4 Å². The van der Waals surface area contributed by atoms with Crippen molar-refractivity contribution in [3.63, 3.8) is 0 Å². The molecule has 0 fully saturated rings. The lowest BCUT2D eigenvalue weighted by Gasteiger charge is -1.81. The Morgan fingerprint density at radius 2 is 2.33 bits per heavy atom. The molecule has 6 heteroatoms. The average molecular weight is 202 g/mol. The molecule has 0 aliphatic rings. The Kier molecular flexibility index (Phi) is 1.82. The summed E-state index contributed by atoms with van der Waals surface area (Å²) in [4.78, 5) is 4.89. The van der Waals surface area contributed by atoms with Crippen LogP contribution in [0.3, 0.4) is 0 Å². The fourth-order valence-corrected chi connectivity index (χ4v) is 1.57. The quantitative estimate of drug-likeness (QED) is 0.710. The molecule has 0 atom stereocenters. The van der Waals surface area contributed by atoms with Gasteiger partial charge in [0.05, 0.1) is 11.2 Å². The molecule has 0 spiro atoms. The van der Waals surface area contributed by atoms with Gasteiger partial charge in [0.2, 0.25) is 0 Å². The summed E-state index contributed by atoms with van der Waals surface area (Å²) in [5.41, 5.74) is 0. The number of hydrogen-bond donors (Lipinski definition) is 0. The maximum atomic E-state index is 5.46. The molecule has 0 amide bonds. The summed E-state index contributed by atoms with van der Waals surface area (Å²) in [7, 11) is 0. The van der Waals surface area contributed by atoms with Gasteiger partial charge in [0.1, 0.15) is 4.88 Å². The molecular weight excluding hydrogens is 198 g/mol. The van der Waals surface area contributed by atoms with Gasteiger partial charge in [0, 0.05) is 0 Å². The van der Waals surface area contributed by atoms with Crippen LogP contribution in [0, 0.1) is 6.92 Å². The number of rotatable bonds is 1. The van der Waals surface area contributed by atoms with Gasteiger partial charge in [-0.3, -0.25) is 0 Å². The van der Waals surface area contributed by atoms with Gasteiger partial charge in [-0.1, -0.05) is 5.10 Å². The van der Waals surface area contributed by atoms with Crippen LogP contribution in [0.25, 0.3) is 10.8 Å². The summed E-state index contributed by atoms with van der Waals surface area (Å²) < 4.78 is 5.00. The fraction of sp³-hybridized carbons (Fsp3) is 0.167. The van der Waals surface area contributed by atoms with E-state index in [1.54, 1.807) is 6.20 Å². The van der Waals surface area contributed by atoms with E-state index >= 15 is 0 Å². The second-order valence-electron chi connectivity index (χ2n) is 2.10. The molecular formula is C6H4ClN3OS. The second kappa shape index (κ2) is 2.84. The van der Waals surface area contributed by atoms with Gasteiger partial charge in [-0.25, -0.2) is 4.98 Å². The minimum Gasteiger partial charge on any atom is -0.406 e. The maximum Gasteiger partial charge on any atom is 0.313 e.